The lowest BCUT2D eigenvalue weighted by atomic mass is 9.93. The van der Waals surface area contributed by atoms with Crippen molar-refractivity contribution in [2.45, 2.75) is 50.7 Å². The van der Waals surface area contributed by atoms with Gasteiger partial charge in [0.25, 0.3) is 11.8 Å². The first-order valence-electron chi connectivity index (χ1n) is 10.3. The number of hydrogen-bond donors (Lipinski definition) is 1. The molecule has 4 rings (SSSR count). The van der Waals surface area contributed by atoms with Crippen LogP contribution >= 0.6 is 0 Å². The highest BCUT2D eigenvalue weighted by Crippen LogP contribution is 2.24. The summed E-state index contributed by atoms with van der Waals surface area (Å²) in [5, 5.41) is 3.05. The van der Waals surface area contributed by atoms with Crippen LogP contribution in [-0.2, 0) is 4.79 Å². The molecule has 0 saturated heterocycles. The molecule has 0 spiro atoms. The van der Waals surface area contributed by atoms with Gasteiger partial charge in [-0.25, -0.2) is 9.97 Å². The van der Waals surface area contributed by atoms with Crippen LogP contribution in [0, 0.1) is 0 Å². The number of aromatic nitrogens is 2. The van der Waals surface area contributed by atoms with Crippen LogP contribution in [0.1, 0.15) is 59.2 Å². The van der Waals surface area contributed by atoms with Crippen molar-refractivity contribution in [2.24, 2.45) is 0 Å². The number of rotatable bonds is 7. The van der Waals surface area contributed by atoms with Crippen LogP contribution in [0.25, 0.3) is 0 Å². The molecule has 1 N–H and O–H groups in total. The molecule has 1 aliphatic heterocycles. The number of hydrogen-bond acceptors (Lipinski definition) is 6. The highest BCUT2D eigenvalue weighted by atomic mass is 16.5. The third-order valence-corrected chi connectivity index (χ3v) is 5.52. The maximum atomic E-state index is 12.3. The quantitative estimate of drug-likeness (QED) is 0.706. The van der Waals surface area contributed by atoms with Gasteiger partial charge in [-0.2, -0.15) is 0 Å². The van der Waals surface area contributed by atoms with Gasteiger partial charge in [0.05, 0.1) is 11.1 Å². The number of benzene rings is 1. The van der Waals surface area contributed by atoms with Gasteiger partial charge in [0.1, 0.15) is 6.10 Å². The van der Waals surface area contributed by atoms with Gasteiger partial charge in [0.15, 0.2) is 0 Å². The second-order valence-corrected chi connectivity index (χ2v) is 7.60. The second-order valence-electron chi connectivity index (χ2n) is 7.60. The highest BCUT2D eigenvalue weighted by molar-refractivity contribution is 6.21. The smallest absolute Gasteiger partial charge is 0.316 e. The number of imide groups is 1. The van der Waals surface area contributed by atoms with E-state index in [0.717, 1.165) is 25.7 Å². The van der Waals surface area contributed by atoms with E-state index >= 15 is 0 Å². The fraction of sp³-hybridized carbons (Fsp3) is 0.409. The molecule has 30 heavy (non-hydrogen) atoms. The van der Waals surface area contributed by atoms with Gasteiger partial charge >= 0.3 is 6.01 Å². The Kier molecular flexibility index (Phi) is 6.02. The predicted octanol–water partition coefficient (Wildman–Crippen LogP) is 2.36. The summed E-state index contributed by atoms with van der Waals surface area (Å²) in [6, 6.07) is 9.05. The molecule has 1 aromatic carbocycles. The van der Waals surface area contributed by atoms with E-state index in [1.807, 2.05) is 0 Å². The number of nitrogens with one attached hydrogen (secondary N) is 1. The van der Waals surface area contributed by atoms with Gasteiger partial charge in [-0.05, 0) is 50.3 Å². The molecule has 1 saturated carbocycles. The van der Waals surface area contributed by atoms with Crippen molar-refractivity contribution < 1.29 is 19.1 Å². The monoisotopic (exact) mass is 408 g/mol. The van der Waals surface area contributed by atoms with E-state index in [-0.39, 0.29) is 42.8 Å². The first kappa shape index (κ1) is 20.0. The lowest BCUT2D eigenvalue weighted by Crippen LogP contribution is -2.40. The number of carbonyl (C=O) groups is 3. The van der Waals surface area contributed by atoms with E-state index in [1.165, 1.54) is 4.90 Å². The molecule has 0 unspecified atom stereocenters. The van der Waals surface area contributed by atoms with Gasteiger partial charge in [0, 0.05) is 31.4 Å². The van der Waals surface area contributed by atoms with Gasteiger partial charge in [0.2, 0.25) is 5.91 Å². The maximum absolute atomic E-state index is 12.3. The van der Waals surface area contributed by atoms with Crippen LogP contribution in [0.4, 0.5) is 0 Å². The SMILES string of the molecule is O=C(CCCN1C(=O)c2ccccc2C1=O)NC1CCC(Oc2ncccn2)CC1. The van der Waals surface area contributed by atoms with E-state index in [9.17, 15) is 14.4 Å². The minimum absolute atomic E-state index is 0.0534. The Labute approximate surface area is 174 Å². The zero-order chi connectivity index (χ0) is 20.9. The largest absolute Gasteiger partial charge is 0.460 e. The molecule has 0 atom stereocenters. The van der Waals surface area contributed by atoms with Gasteiger partial charge in [-0.1, -0.05) is 12.1 Å². The zero-order valence-corrected chi connectivity index (χ0v) is 16.6. The summed E-state index contributed by atoms with van der Waals surface area (Å²) < 4.78 is 5.77. The van der Waals surface area contributed by atoms with Crippen LogP contribution in [0.15, 0.2) is 42.7 Å². The molecule has 8 nitrogen and oxygen atoms in total. The summed E-state index contributed by atoms with van der Waals surface area (Å²) in [6.45, 7) is 0.247. The maximum Gasteiger partial charge on any atom is 0.316 e. The molecule has 1 fully saturated rings. The van der Waals surface area contributed by atoms with Crippen molar-refractivity contribution in [1.82, 2.24) is 20.2 Å². The van der Waals surface area contributed by atoms with Crippen molar-refractivity contribution in [3.05, 3.63) is 53.9 Å². The summed E-state index contributed by atoms with van der Waals surface area (Å²) in [4.78, 5) is 46.4. The number of fused-ring (bicyclic) bond motifs is 1. The highest BCUT2D eigenvalue weighted by Gasteiger charge is 2.34. The minimum atomic E-state index is -0.281. The molecule has 1 aliphatic carbocycles. The Hall–Kier alpha value is -3.29. The molecule has 156 valence electrons. The molecule has 2 aromatic rings. The van der Waals surface area contributed by atoms with E-state index in [1.54, 1.807) is 42.7 Å². The third-order valence-electron chi connectivity index (χ3n) is 5.52. The molecular formula is C22H24N4O4. The Morgan fingerprint density at radius 2 is 1.63 bits per heavy atom. The normalized spacial score (nSPS) is 20.7. The average molecular weight is 408 g/mol. The number of carbonyl (C=O) groups excluding carboxylic acids is 3. The van der Waals surface area contributed by atoms with Gasteiger partial charge in [-0.15, -0.1) is 0 Å². The molecule has 3 amide bonds. The van der Waals surface area contributed by atoms with E-state index < -0.39 is 0 Å². The van der Waals surface area contributed by atoms with E-state index in [4.69, 9.17) is 4.74 Å². The Balaban J connectivity index is 1.17. The first-order chi connectivity index (χ1) is 14.6. The lowest BCUT2D eigenvalue weighted by Gasteiger charge is -2.28. The topological polar surface area (TPSA) is 101 Å². The van der Waals surface area contributed by atoms with Crippen molar-refractivity contribution in [3.63, 3.8) is 0 Å². The standard InChI is InChI=1S/C22H24N4O4/c27-19(7-3-14-26-20(28)17-5-1-2-6-18(17)21(26)29)25-15-8-10-16(11-9-15)30-22-23-12-4-13-24-22/h1-2,4-6,12-13,15-16H,3,7-11,14H2,(H,25,27). The fourth-order valence-corrected chi connectivity index (χ4v) is 3.96. The average Bonchev–Trinajstić information content (AvgIpc) is 3.01. The van der Waals surface area contributed by atoms with Crippen LogP contribution in [0.3, 0.4) is 0 Å². The Morgan fingerprint density at radius 3 is 2.27 bits per heavy atom. The summed E-state index contributed by atoms with van der Waals surface area (Å²) in [7, 11) is 0. The molecule has 0 radical (unpaired) electrons. The van der Waals surface area contributed by atoms with E-state index in [0.29, 0.717) is 23.6 Å². The Bertz CT molecular complexity index is 891. The molecular weight excluding hydrogens is 384 g/mol. The summed E-state index contributed by atoms with van der Waals surface area (Å²) in [6.07, 6.45) is 7.42. The van der Waals surface area contributed by atoms with Crippen LogP contribution in [0.5, 0.6) is 6.01 Å². The Morgan fingerprint density at radius 1 is 1.00 bits per heavy atom. The van der Waals surface area contributed by atoms with Crippen LogP contribution in [0.2, 0.25) is 0 Å². The molecule has 2 aliphatic rings. The van der Waals surface area contributed by atoms with Crippen LogP contribution < -0.4 is 10.1 Å². The van der Waals surface area contributed by atoms with Crippen molar-refractivity contribution in [3.8, 4) is 6.01 Å². The predicted molar refractivity (Wildman–Crippen MR) is 108 cm³/mol. The molecule has 2 heterocycles. The van der Waals surface area contributed by atoms with Crippen molar-refractivity contribution in [2.75, 3.05) is 6.54 Å². The van der Waals surface area contributed by atoms with Crippen molar-refractivity contribution in [1.29, 1.82) is 0 Å². The lowest BCUT2D eigenvalue weighted by molar-refractivity contribution is -0.122. The molecule has 0 bridgehead atoms. The third kappa shape index (κ3) is 4.48. The summed E-state index contributed by atoms with van der Waals surface area (Å²) in [5.74, 6) is -0.615. The number of amides is 3. The number of nitrogens with zero attached hydrogens (tertiary/aromatic N) is 3. The summed E-state index contributed by atoms with van der Waals surface area (Å²) >= 11 is 0. The van der Waals surface area contributed by atoms with Gasteiger partial charge < -0.3 is 10.1 Å². The fourth-order valence-electron chi connectivity index (χ4n) is 3.96. The van der Waals surface area contributed by atoms with Crippen molar-refractivity contribution >= 4 is 17.7 Å². The number of ether oxygens (including phenoxy) is 1. The van der Waals surface area contributed by atoms with Gasteiger partial charge in [-0.3, -0.25) is 19.3 Å². The summed E-state index contributed by atoms with van der Waals surface area (Å²) in [5.41, 5.74) is 0.874. The van der Waals surface area contributed by atoms with Crippen LogP contribution in [-0.4, -0.2) is 51.3 Å². The molecule has 8 heteroatoms. The minimum Gasteiger partial charge on any atom is -0.460 e. The van der Waals surface area contributed by atoms with E-state index in [2.05, 4.69) is 15.3 Å². The zero-order valence-electron chi connectivity index (χ0n) is 16.6. The molecule has 1 aromatic heterocycles. The second kappa shape index (κ2) is 9.02. The first-order valence-corrected chi connectivity index (χ1v) is 10.3.